The molecule has 0 bridgehead atoms. The first-order valence-electron chi connectivity index (χ1n) is 4.18. The zero-order valence-electron chi connectivity index (χ0n) is 7.72. The van der Waals surface area contributed by atoms with Crippen LogP contribution in [0.4, 0.5) is 4.48 Å². The SMILES string of the molecule is CC(=O)[C@H](CCCCN)N(C)F. The molecule has 0 radical (unpaired) electrons. The highest BCUT2D eigenvalue weighted by Gasteiger charge is 2.18. The molecule has 0 saturated carbocycles. The van der Waals surface area contributed by atoms with Crippen molar-refractivity contribution in [1.29, 1.82) is 0 Å². The van der Waals surface area contributed by atoms with E-state index in [9.17, 15) is 9.28 Å². The normalized spacial score (nSPS) is 13.4. The molecule has 0 spiro atoms. The van der Waals surface area contributed by atoms with Gasteiger partial charge in [0.25, 0.3) is 0 Å². The lowest BCUT2D eigenvalue weighted by Gasteiger charge is -2.16. The molecule has 3 nitrogen and oxygen atoms in total. The molecule has 12 heavy (non-hydrogen) atoms. The maximum absolute atomic E-state index is 12.6. The lowest BCUT2D eigenvalue weighted by Crippen LogP contribution is -2.31. The van der Waals surface area contributed by atoms with Crippen molar-refractivity contribution in [3.63, 3.8) is 0 Å². The minimum absolute atomic E-state index is 0.128. The van der Waals surface area contributed by atoms with Crippen LogP contribution in [0.25, 0.3) is 0 Å². The number of carbonyl (C=O) groups excluding carboxylic acids is 1. The highest BCUT2D eigenvalue weighted by Crippen LogP contribution is 2.08. The molecule has 0 fully saturated rings. The van der Waals surface area contributed by atoms with Gasteiger partial charge in [-0.15, -0.1) is 9.60 Å². The molecule has 1 atom stereocenters. The number of carbonyl (C=O) groups is 1. The van der Waals surface area contributed by atoms with Gasteiger partial charge in [0.2, 0.25) is 0 Å². The lowest BCUT2D eigenvalue weighted by molar-refractivity contribution is -0.128. The Labute approximate surface area is 72.7 Å². The van der Waals surface area contributed by atoms with Crippen LogP contribution in [-0.4, -0.2) is 30.5 Å². The number of nitrogens with zero attached hydrogens (tertiary/aromatic N) is 1. The molecule has 0 aromatic carbocycles. The van der Waals surface area contributed by atoms with Crippen LogP contribution in [0.1, 0.15) is 26.2 Å². The zero-order valence-corrected chi connectivity index (χ0v) is 7.72. The van der Waals surface area contributed by atoms with Crippen molar-refractivity contribution in [3.05, 3.63) is 0 Å². The molecule has 0 unspecified atom stereocenters. The minimum atomic E-state index is -0.587. The Bertz CT molecular complexity index is 139. The molecule has 0 rings (SSSR count). The maximum Gasteiger partial charge on any atom is 0.149 e. The largest absolute Gasteiger partial charge is 0.330 e. The fraction of sp³-hybridized carbons (Fsp3) is 0.875. The summed E-state index contributed by atoms with van der Waals surface area (Å²) in [5, 5.41) is 0.471. The van der Waals surface area contributed by atoms with E-state index < -0.39 is 6.04 Å². The van der Waals surface area contributed by atoms with Gasteiger partial charge < -0.3 is 5.73 Å². The third kappa shape index (κ3) is 4.41. The summed E-state index contributed by atoms with van der Waals surface area (Å²) in [6.07, 6.45) is 2.20. The Morgan fingerprint density at radius 3 is 2.50 bits per heavy atom. The molecule has 0 aromatic rings. The van der Waals surface area contributed by atoms with Crippen LogP contribution in [0.3, 0.4) is 0 Å². The van der Waals surface area contributed by atoms with E-state index in [1.165, 1.54) is 14.0 Å². The summed E-state index contributed by atoms with van der Waals surface area (Å²) in [5.74, 6) is -0.128. The van der Waals surface area contributed by atoms with Crippen LogP contribution >= 0.6 is 0 Å². The van der Waals surface area contributed by atoms with Crippen LogP contribution < -0.4 is 5.73 Å². The molecule has 0 heterocycles. The molecule has 2 N–H and O–H groups in total. The van der Waals surface area contributed by atoms with Crippen LogP contribution in [-0.2, 0) is 4.79 Å². The Balaban J connectivity index is 3.72. The van der Waals surface area contributed by atoms with Crippen molar-refractivity contribution in [2.75, 3.05) is 13.6 Å². The second kappa shape index (κ2) is 6.08. The minimum Gasteiger partial charge on any atom is -0.330 e. The highest BCUT2D eigenvalue weighted by molar-refractivity contribution is 5.81. The predicted molar refractivity (Wildman–Crippen MR) is 46.2 cm³/mol. The van der Waals surface area contributed by atoms with Crippen molar-refractivity contribution in [2.45, 2.75) is 32.2 Å². The van der Waals surface area contributed by atoms with Crippen LogP contribution in [0.5, 0.6) is 0 Å². The topological polar surface area (TPSA) is 46.3 Å². The van der Waals surface area contributed by atoms with Gasteiger partial charge in [-0.1, -0.05) is 6.42 Å². The average molecular weight is 176 g/mol. The zero-order chi connectivity index (χ0) is 9.56. The Hall–Kier alpha value is -0.480. The summed E-state index contributed by atoms with van der Waals surface area (Å²) in [6, 6.07) is -0.587. The molecule has 72 valence electrons. The number of hydrogen-bond donors (Lipinski definition) is 1. The van der Waals surface area contributed by atoms with Crippen molar-refractivity contribution < 1.29 is 9.28 Å². The fourth-order valence-corrected chi connectivity index (χ4v) is 1.11. The first-order chi connectivity index (χ1) is 5.59. The molecule has 0 saturated heterocycles. The first-order valence-corrected chi connectivity index (χ1v) is 4.18. The van der Waals surface area contributed by atoms with E-state index in [0.717, 1.165) is 12.8 Å². The number of Topliss-reactive ketones (excluding diaryl/α,β-unsaturated/α-hetero) is 1. The number of ketones is 1. The summed E-state index contributed by atoms with van der Waals surface area (Å²) in [4.78, 5) is 10.9. The molecular weight excluding hydrogens is 159 g/mol. The molecule has 0 aromatic heterocycles. The summed E-state index contributed by atoms with van der Waals surface area (Å²) in [7, 11) is 1.27. The van der Waals surface area contributed by atoms with Crippen molar-refractivity contribution in [3.8, 4) is 0 Å². The van der Waals surface area contributed by atoms with Gasteiger partial charge in [0.05, 0.1) is 6.04 Å². The maximum atomic E-state index is 12.6. The van der Waals surface area contributed by atoms with Crippen LogP contribution in [0, 0.1) is 0 Å². The number of likely N-dealkylation sites (N-methyl/N-ethyl adjacent to an activating group) is 1. The van der Waals surface area contributed by atoms with Gasteiger partial charge in [0.1, 0.15) is 5.78 Å². The number of halogens is 1. The summed E-state index contributed by atoms with van der Waals surface area (Å²) in [6.45, 7) is 2.00. The number of rotatable bonds is 6. The third-order valence-electron chi connectivity index (χ3n) is 1.83. The van der Waals surface area contributed by atoms with Crippen molar-refractivity contribution in [1.82, 2.24) is 5.12 Å². The van der Waals surface area contributed by atoms with Crippen LogP contribution in [0.2, 0.25) is 0 Å². The Morgan fingerprint density at radius 1 is 1.58 bits per heavy atom. The Morgan fingerprint density at radius 2 is 2.17 bits per heavy atom. The standard InChI is InChI=1S/C8H17FN2O/c1-7(12)8(11(2)9)5-3-4-6-10/h8H,3-6,10H2,1-2H3/t8-/m0/s1. The van der Waals surface area contributed by atoms with Gasteiger partial charge >= 0.3 is 0 Å². The van der Waals surface area contributed by atoms with Gasteiger partial charge in [-0.05, 0) is 26.3 Å². The summed E-state index contributed by atoms with van der Waals surface area (Å²) < 4.78 is 12.6. The van der Waals surface area contributed by atoms with Crippen LogP contribution in [0.15, 0.2) is 0 Å². The summed E-state index contributed by atoms with van der Waals surface area (Å²) in [5.41, 5.74) is 5.27. The third-order valence-corrected chi connectivity index (χ3v) is 1.83. The van der Waals surface area contributed by atoms with E-state index in [0.29, 0.717) is 18.1 Å². The number of nitrogens with two attached hydrogens (primary N) is 1. The van der Waals surface area contributed by atoms with Gasteiger partial charge in [0.15, 0.2) is 0 Å². The van der Waals surface area contributed by atoms with E-state index in [4.69, 9.17) is 5.73 Å². The monoisotopic (exact) mass is 176 g/mol. The second-order valence-electron chi connectivity index (χ2n) is 2.94. The summed E-state index contributed by atoms with van der Waals surface area (Å²) >= 11 is 0. The lowest BCUT2D eigenvalue weighted by atomic mass is 10.1. The van der Waals surface area contributed by atoms with Gasteiger partial charge in [0, 0.05) is 7.05 Å². The molecule has 0 amide bonds. The molecule has 0 aliphatic carbocycles. The molecule has 0 aliphatic rings. The predicted octanol–water partition coefficient (Wildman–Crippen LogP) is 0.889. The second-order valence-corrected chi connectivity index (χ2v) is 2.94. The van der Waals surface area contributed by atoms with Gasteiger partial charge in [-0.3, -0.25) is 4.79 Å². The van der Waals surface area contributed by atoms with E-state index in [1.54, 1.807) is 0 Å². The van der Waals surface area contributed by atoms with E-state index in [1.807, 2.05) is 0 Å². The quantitative estimate of drug-likeness (QED) is 0.483. The van der Waals surface area contributed by atoms with Gasteiger partial charge in [-0.2, -0.15) is 0 Å². The first kappa shape index (κ1) is 11.5. The number of unbranched alkanes of at least 4 members (excludes halogenated alkanes) is 1. The van der Waals surface area contributed by atoms with E-state index in [-0.39, 0.29) is 5.78 Å². The van der Waals surface area contributed by atoms with Gasteiger partial charge in [-0.25, -0.2) is 0 Å². The molecule has 0 aliphatic heterocycles. The molecule has 4 heteroatoms. The van der Waals surface area contributed by atoms with E-state index >= 15 is 0 Å². The van der Waals surface area contributed by atoms with Crippen molar-refractivity contribution >= 4 is 5.78 Å². The smallest absolute Gasteiger partial charge is 0.149 e. The van der Waals surface area contributed by atoms with E-state index in [2.05, 4.69) is 0 Å². The number of hydrogen-bond acceptors (Lipinski definition) is 3. The highest BCUT2D eigenvalue weighted by atomic mass is 19.2. The van der Waals surface area contributed by atoms with Crippen molar-refractivity contribution in [2.24, 2.45) is 5.73 Å². The Kier molecular flexibility index (Phi) is 5.84. The average Bonchev–Trinajstić information content (AvgIpc) is 1.96. The molecular formula is C8H17FN2O. The fourth-order valence-electron chi connectivity index (χ4n) is 1.11.